The molecule has 0 aliphatic rings. The second-order valence-electron chi connectivity index (χ2n) is 4.44. The van der Waals surface area contributed by atoms with E-state index < -0.39 is 0 Å². The topological polar surface area (TPSA) is 84.3 Å². The number of hydrogen-bond donors (Lipinski definition) is 1. The molecule has 0 aliphatic heterocycles. The summed E-state index contributed by atoms with van der Waals surface area (Å²) in [6.07, 6.45) is 2.45. The minimum Gasteiger partial charge on any atom is -0.469 e. The van der Waals surface area contributed by atoms with Crippen LogP contribution < -0.4 is 15.5 Å². The van der Waals surface area contributed by atoms with E-state index in [1.165, 1.54) is 0 Å². The Hall–Kier alpha value is -2.31. The van der Waals surface area contributed by atoms with Gasteiger partial charge in [0.1, 0.15) is 5.76 Å². The molecule has 0 atom stereocenters. The van der Waals surface area contributed by atoms with Gasteiger partial charge in [0.25, 0.3) is 0 Å². The highest BCUT2D eigenvalue weighted by molar-refractivity contribution is 5.42. The Morgan fingerprint density at radius 3 is 2.53 bits per heavy atom. The smallest absolute Gasteiger partial charge is 0.231 e. The molecular formula is C12H18N6O. The average Bonchev–Trinajstić information content (AvgIpc) is 2.88. The Kier molecular flexibility index (Phi) is 3.84. The minimum absolute atomic E-state index is 0.221. The van der Waals surface area contributed by atoms with Gasteiger partial charge >= 0.3 is 0 Å². The molecule has 2 heterocycles. The van der Waals surface area contributed by atoms with Crippen LogP contribution in [0, 0.1) is 0 Å². The third-order valence-corrected chi connectivity index (χ3v) is 2.64. The highest BCUT2D eigenvalue weighted by Gasteiger charge is 2.10. The number of anilines is 3. The van der Waals surface area contributed by atoms with E-state index in [4.69, 9.17) is 10.2 Å². The first-order chi connectivity index (χ1) is 9.06. The maximum absolute atomic E-state index is 5.69. The number of furan rings is 1. The fourth-order valence-corrected chi connectivity index (χ4v) is 1.57. The van der Waals surface area contributed by atoms with Gasteiger partial charge in [0, 0.05) is 34.1 Å². The number of likely N-dealkylation sites (N-methyl/N-ethyl adjacent to an activating group) is 1. The van der Waals surface area contributed by atoms with Crippen LogP contribution >= 0.6 is 0 Å². The van der Waals surface area contributed by atoms with Crippen molar-refractivity contribution in [3.05, 3.63) is 24.2 Å². The van der Waals surface area contributed by atoms with Gasteiger partial charge < -0.3 is 20.0 Å². The largest absolute Gasteiger partial charge is 0.469 e. The lowest BCUT2D eigenvalue weighted by Gasteiger charge is -2.18. The Morgan fingerprint density at radius 1 is 1.16 bits per heavy atom. The average molecular weight is 262 g/mol. The summed E-state index contributed by atoms with van der Waals surface area (Å²) in [5, 5.41) is 0. The maximum atomic E-state index is 5.69. The molecule has 0 amide bonds. The van der Waals surface area contributed by atoms with Crippen molar-refractivity contribution in [3.63, 3.8) is 0 Å². The predicted molar refractivity (Wildman–Crippen MR) is 74.2 cm³/mol. The summed E-state index contributed by atoms with van der Waals surface area (Å²) in [5.74, 6) is 2.26. The van der Waals surface area contributed by atoms with Gasteiger partial charge in [-0.05, 0) is 12.1 Å². The monoisotopic (exact) mass is 262 g/mol. The SMILES string of the molecule is CN(C)c1nc(N)nc(N(C)CCc2ccco2)n1. The molecule has 102 valence electrons. The van der Waals surface area contributed by atoms with Crippen molar-refractivity contribution in [2.45, 2.75) is 6.42 Å². The summed E-state index contributed by atoms with van der Waals surface area (Å²) in [6.45, 7) is 0.740. The molecule has 0 fully saturated rings. The van der Waals surface area contributed by atoms with Crippen LogP contribution in [0.2, 0.25) is 0 Å². The Morgan fingerprint density at radius 2 is 1.89 bits per heavy atom. The van der Waals surface area contributed by atoms with Crippen molar-refractivity contribution in [2.75, 3.05) is 43.2 Å². The normalized spacial score (nSPS) is 10.5. The molecule has 0 aliphatic carbocycles. The van der Waals surface area contributed by atoms with Gasteiger partial charge in [-0.1, -0.05) is 0 Å². The number of hydrogen-bond acceptors (Lipinski definition) is 7. The van der Waals surface area contributed by atoms with Crippen LogP contribution in [0.3, 0.4) is 0 Å². The molecule has 0 saturated carbocycles. The number of rotatable bonds is 5. The first kappa shape index (κ1) is 13.1. The van der Waals surface area contributed by atoms with E-state index in [0.717, 1.165) is 18.7 Å². The number of nitrogens with two attached hydrogens (primary N) is 1. The van der Waals surface area contributed by atoms with Crippen molar-refractivity contribution in [1.29, 1.82) is 0 Å². The van der Waals surface area contributed by atoms with E-state index in [1.54, 1.807) is 11.2 Å². The Balaban J connectivity index is 2.07. The highest BCUT2D eigenvalue weighted by Crippen LogP contribution is 2.13. The van der Waals surface area contributed by atoms with Crippen LogP contribution in [0.4, 0.5) is 17.8 Å². The molecule has 7 heteroatoms. The zero-order valence-electron chi connectivity index (χ0n) is 11.4. The fraction of sp³-hybridized carbons (Fsp3) is 0.417. The number of nitrogen functional groups attached to an aromatic ring is 1. The zero-order chi connectivity index (χ0) is 13.8. The van der Waals surface area contributed by atoms with Crippen LogP contribution in [-0.2, 0) is 6.42 Å². The first-order valence-electron chi connectivity index (χ1n) is 5.98. The van der Waals surface area contributed by atoms with Crippen molar-refractivity contribution < 1.29 is 4.42 Å². The van der Waals surface area contributed by atoms with Gasteiger partial charge in [-0.25, -0.2) is 0 Å². The molecule has 0 aromatic carbocycles. The number of nitrogens with zero attached hydrogens (tertiary/aromatic N) is 5. The molecule has 0 unspecified atom stereocenters. The summed E-state index contributed by atoms with van der Waals surface area (Å²) in [5.41, 5.74) is 5.69. The second kappa shape index (κ2) is 5.55. The van der Waals surface area contributed by atoms with E-state index >= 15 is 0 Å². The van der Waals surface area contributed by atoms with E-state index in [1.807, 2.05) is 38.2 Å². The third kappa shape index (κ3) is 3.34. The fourth-order valence-electron chi connectivity index (χ4n) is 1.57. The van der Waals surface area contributed by atoms with Gasteiger partial charge in [0.05, 0.1) is 6.26 Å². The minimum atomic E-state index is 0.221. The van der Waals surface area contributed by atoms with E-state index in [2.05, 4.69) is 15.0 Å². The van der Waals surface area contributed by atoms with Crippen LogP contribution in [0.5, 0.6) is 0 Å². The predicted octanol–water partition coefficient (Wildman–Crippen LogP) is 0.792. The summed E-state index contributed by atoms with van der Waals surface area (Å²) in [7, 11) is 5.64. The molecule has 2 N–H and O–H groups in total. The van der Waals surface area contributed by atoms with Crippen LogP contribution in [0.25, 0.3) is 0 Å². The summed E-state index contributed by atoms with van der Waals surface area (Å²) < 4.78 is 5.29. The van der Waals surface area contributed by atoms with Gasteiger partial charge in [-0.2, -0.15) is 15.0 Å². The van der Waals surface area contributed by atoms with E-state index in [0.29, 0.717) is 11.9 Å². The molecular weight excluding hydrogens is 244 g/mol. The molecule has 0 saturated heterocycles. The molecule has 7 nitrogen and oxygen atoms in total. The van der Waals surface area contributed by atoms with Crippen molar-refractivity contribution in [3.8, 4) is 0 Å². The summed E-state index contributed by atoms with van der Waals surface area (Å²) in [6, 6.07) is 3.82. The lowest BCUT2D eigenvalue weighted by molar-refractivity contribution is 0.508. The van der Waals surface area contributed by atoms with Gasteiger partial charge in [0.15, 0.2) is 0 Å². The Labute approximate surface area is 112 Å². The van der Waals surface area contributed by atoms with Gasteiger partial charge in [0.2, 0.25) is 17.8 Å². The van der Waals surface area contributed by atoms with E-state index in [9.17, 15) is 0 Å². The second-order valence-corrected chi connectivity index (χ2v) is 4.44. The molecule has 2 aromatic rings. The van der Waals surface area contributed by atoms with Crippen molar-refractivity contribution in [1.82, 2.24) is 15.0 Å². The quantitative estimate of drug-likeness (QED) is 0.852. The zero-order valence-corrected chi connectivity index (χ0v) is 11.4. The molecule has 0 bridgehead atoms. The van der Waals surface area contributed by atoms with Gasteiger partial charge in [-0.15, -0.1) is 0 Å². The van der Waals surface area contributed by atoms with Crippen LogP contribution in [0.1, 0.15) is 5.76 Å². The first-order valence-corrected chi connectivity index (χ1v) is 5.98. The summed E-state index contributed by atoms with van der Waals surface area (Å²) >= 11 is 0. The third-order valence-electron chi connectivity index (χ3n) is 2.64. The molecule has 0 spiro atoms. The van der Waals surface area contributed by atoms with E-state index in [-0.39, 0.29) is 5.95 Å². The highest BCUT2D eigenvalue weighted by atomic mass is 16.3. The maximum Gasteiger partial charge on any atom is 0.231 e. The molecule has 2 aromatic heterocycles. The van der Waals surface area contributed by atoms with Crippen molar-refractivity contribution >= 4 is 17.8 Å². The lowest BCUT2D eigenvalue weighted by atomic mass is 10.3. The van der Waals surface area contributed by atoms with Crippen molar-refractivity contribution in [2.24, 2.45) is 0 Å². The summed E-state index contributed by atoms with van der Waals surface area (Å²) in [4.78, 5) is 16.3. The van der Waals surface area contributed by atoms with Crippen LogP contribution in [0.15, 0.2) is 22.8 Å². The Bertz CT molecular complexity index is 525. The molecule has 19 heavy (non-hydrogen) atoms. The van der Waals surface area contributed by atoms with Crippen LogP contribution in [-0.4, -0.2) is 42.6 Å². The number of aromatic nitrogens is 3. The lowest BCUT2D eigenvalue weighted by Crippen LogP contribution is -2.25. The standard InChI is InChI=1S/C12H18N6O/c1-17(2)11-14-10(13)15-12(16-11)18(3)7-6-9-5-4-8-19-9/h4-5,8H,6-7H2,1-3H3,(H2,13,14,15,16). The van der Waals surface area contributed by atoms with Gasteiger partial charge in [-0.3, -0.25) is 0 Å². The molecule has 0 radical (unpaired) electrons. The molecule has 2 rings (SSSR count).